The Morgan fingerprint density at radius 3 is 2.79 bits per heavy atom. The lowest BCUT2D eigenvalue weighted by Gasteiger charge is -2.08. The number of hydrogen-bond donors (Lipinski definition) is 0. The Morgan fingerprint density at radius 2 is 2.07 bits per heavy atom. The Morgan fingerprint density at radius 1 is 1.21 bits per heavy atom. The summed E-state index contributed by atoms with van der Waals surface area (Å²) in [6.07, 6.45) is 5.48. The monoisotopic (exact) mass is 381 g/mol. The zero-order valence-electron chi connectivity index (χ0n) is 15.7. The van der Waals surface area contributed by atoms with Crippen molar-refractivity contribution in [1.82, 2.24) is 15.1 Å². The fourth-order valence-electron chi connectivity index (χ4n) is 2.39. The first-order valence-electron chi connectivity index (χ1n) is 8.45. The van der Waals surface area contributed by atoms with Crippen LogP contribution >= 0.6 is 0 Å². The van der Waals surface area contributed by atoms with Gasteiger partial charge < -0.3 is 18.7 Å². The van der Waals surface area contributed by atoms with Gasteiger partial charge in [-0.3, -0.25) is 4.98 Å². The third kappa shape index (κ3) is 4.53. The van der Waals surface area contributed by atoms with Crippen LogP contribution in [0, 0.1) is 0 Å². The summed E-state index contributed by atoms with van der Waals surface area (Å²) in [5.41, 5.74) is 1.42. The average Bonchev–Trinajstić information content (AvgIpc) is 3.23. The van der Waals surface area contributed by atoms with Gasteiger partial charge >= 0.3 is 5.97 Å². The highest BCUT2D eigenvalue weighted by Gasteiger charge is 2.18. The highest BCUT2D eigenvalue weighted by atomic mass is 16.6. The smallest absolute Gasteiger partial charge is 0.331 e. The molecule has 1 atom stereocenters. The van der Waals surface area contributed by atoms with Crippen LogP contribution in [-0.4, -0.2) is 35.3 Å². The first-order valence-corrected chi connectivity index (χ1v) is 8.45. The molecule has 0 fully saturated rings. The molecule has 1 unspecified atom stereocenters. The van der Waals surface area contributed by atoms with E-state index in [0.717, 1.165) is 0 Å². The standard InChI is InChI=1S/C20H19N3O5/c1-13(20-22-19(23-28-20)15-5-4-10-21-12-15)27-18(24)9-7-14-6-8-16(25-2)11-17(14)26-3/h4-13H,1-3H3/b9-7+. The second-order valence-corrected chi connectivity index (χ2v) is 5.72. The number of esters is 1. The molecule has 1 aromatic carbocycles. The molecule has 0 N–H and O–H groups in total. The molecule has 0 bridgehead atoms. The van der Waals surface area contributed by atoms with Gasteiger partial charge in [0.05, 0.1) is 14.2 Å². The highest BCUT2D eigenvalue weighted by molar-refractivity contribution is 5.87. The van der Waals surface area contributed by atoms with Crippen molar-refractivity contribution >= 4 is 12.0 Å². The largest absolute Gasteiger partial charge is 0.497 e. The number of carbonyl (C=O) groups is 1. The lowest BCUT2D eigenvalue weighted by molar-refractivity contribution is -0.143. The van der Waals surface area contributed by atoms with E-state index in [-0.39, 0.29) is 5.89 Å². The van der Waals surface area contributed by atoms with Crippen molar-refractivity contribution in [2.45, 2.75) is 13.0 Å². The molecule has 0 saturated heterocycles. The molecule has 0 aliphatic carbocycles. The van der Waals surface area contributed by atoms with Crippen LogP contribution < -0.4 is 9.47 Å². The minimum atomic E-state index is -0.701. The molecule has 2 aromatic heterocycles. The van der Waals surface area contributed by atoms with Gasteiger partial charge in [0.15, 0.2) is 6.10 Å². The Labute approximate surface area is 161 Å². The summed E-state index contributed by atoms with van der Waals surface area (Å²) in [6.45, 7) is 1.65. The third-order valence-electron chi connectivity index (χ3n) is 3.84. The summed E-state index contributed by atoms with van der Waals surface area (Å²) in [5.74, 6) is 1.26. The minimum Gasteiger partial charge on any atom is -0.497 e. The summed E-state index contributed by atoms with van der Waals surface area (Å²) in [7, 11) is 3.11. The van der Waals surface area contributed by atoms with Crippen LogP contribution in [0.15, 0.2) is 53.3 Å². The lowest BCUT2D eigenvalue weighted by atomic mass is 10.1. The first kappa shape index (κ1) is 19.1. The molecule has 3 aromatic rings. The Kier molecular flexibility index (Phi) is 6.01. The molecule has 8 heteroatoms. The summed E-state index contributed by atoms with van der Waals surface area (Å²) in [5, 5.41) is 3.88. The molecule has 8 nitrogen and oxygen atoms in total. The van der Waals surface area contributed by atoms with E-state index in [2.05, 4.69) is 15.1 Å². The molecule has 0 saturated carbocycles. The van der Waals surface area contributed by atoms with E-state index in [1.165, 1.54) is 6.08 Å². The van der Waals surface area contributed by atoms with Crippen LogP contribution in [0.3, 0.4) is 0 Å². The molecule has 0 aliphatic rings. The Hall–Kier alpha value is -3.68. The van der Waals surface area contributed by atoms with Gasteiger partial charge in [-0.1, -0.05) is 5.16 Å². The molecule has 0 aliphatic heterocycles. The number of rotatable bonds is 7. The molecule has 28 heavy (non-hydrogen) atoms. The van der Waals surface area contributed by atoms with Crippen LogP contribution in [0.2, 0.25) is 0 Å². The van der Waals surface area contributed by atoms with Crippen LogP contribution in [-0.2, 0) is 9.53 Å². The van der Waals surface area contributed by atoms with Crippen LogP contribution in [0.1, 0.15) is 24.5 Å². The SMILES string of the molecule is COc1ccc(/C=C/C(=O)OC(C)c2nc(-c3cccnc3)no2)c(OC)c1. The van der Waals surface area contributed by atoms with E-state index in [1.54, 1.807) is 63.9 Å². The van der Waals surface area contributed by atoms with Gasteiger partial charge in [-0.25, -0.2) is 4.79 Å². The third-order valence-corrected chi connectivity index (χ3v) is 3.84. The summed E-state index contributed by atoms with van der Waals surface area (Å²) in [6, 6.07) is 8.86. The molecule has 2 heterocycles. The van der Waals surface area contributed by atoms with Crippen molar-refractivity contribution in [3.63, 3.8) is 0 Å². The topological polar surface area (TPSA) is 96.6 Å². The number of methoxy groups -OCH3 is 2. The number of pyridine rings is 1. The van der Waals surface area contributed by atoms with Gasteiger partial charge in [0, 0.05) is 35.7 Å². The van der Waals surface area contributed by atoms with Gasteiger partial charge in [0.25, 0.3) is 5.89 Å². The molecule has 0 amide bonds. The maximum Gasteiger partial charge on any atom is 0.331 e. The maximum atomic E-state index is 12.1. The first-order chi connectivity index (χ1) is 13.6. The molecular weight excluding hydrogens is 362 g/mol. The van der Waals surface area contributed by atoms with Crippen molar-refractivity contribution in [1.29, 1.82) is 0 Å². The van der Waals surface area contributed by atoms with Crippen LogP contribution in [0.25, 0.3) is 17.5 Å². The Bertz CT molecular complexity index is 969. The zero-order chi connectivity index (χ0) is 19.9. The van der Waals surface area contributed by atoms with Crippen molar-refractivity contribution in [3.05, 3.63) is 60.3 Å². The van der Waals surface area contributed by atoms with E-state index >= 15 is 0 Å². The molecule has 0 spiro atoms. The predicted molar refractivity (Wildman–Crippen MR) is 101 cm³/mol. The fraction of sp³-hybridized carbons (Fsp3) is 0.200. The van der Waals surface area contributed by atoms with Gasteiger partial charge in [-0.15, -0.1) is 0 Å². The van der Waals surface area contributed by atoms with Gasteiger partial charge in [-0.2, -0.15) is 4.98 Å². The van der Waals surface area contributed by atoms with E-state index in [4.69, 9.17) is 18.7 Å². The lowest BCUT2D eigenvalue weighted by Crippen LogP contribution is -2.06. The maximum absolute atomic E-state index is 12.1. The summed E-state index contributed by atoms with van der Waals surface area (Å²) in [4.78, 5) is 20.4. The van der Waals surface area contributed by atoms with Crippen LogP contribution in [0.4, 0.5) is 0 Å². The number of benzene rings is 1. The van der Waals surface area contributed by atoms with E-state index in [1.807, 2.05) is 6.07 Å². The van der Waals surface area contributed by atoms with Gasteiger partial charge in [0.2, 0.25) is 5.82 Å². The zero-order valence-corrected chi connectivity index (χ0v) is 15.7. The van der Waals surface area contributed by atoms with E-state index in [9.17, 15) is 4.79 Å². The molecule has 144 valence electrons. The average molecular weight is 381 g/mol. The van der Waals surface area contributed by atoms with Gasteiger partial charge in [-0.05, 0) is 37.3 Å². The fourth-order valence-corrected chi connectivity index (χ4v) is 2.39. The highest BCUT2D eigenvalue weighted by Crippen LogP contribution is 2.26. The quantitative estimate of drug-likeness (QED) is 0.453. The van der Waals surface area contributed by atoms with Crippen molar-refractivity contribution in [3.8, 4) is 22.9 Å². The normalized spacial score (nSPS) is 12.0. The van der Waals surface area contributed by atoms with E-state index in [0.29, 0.717) is 28.5 Å². The number of aromatic nitrogens is 3. The van der Waals surface area contributed by atoms with Crippen molar-refractivity contribution < 1.29 is 23.5 Å². The van der Waals surface area contributed by atoms with Gasteiger partial charge in [0.1, 0.15) is 11.5 Å². The second kappa shape index (κ2) is 8.81. The van der Waals surface area contributed by atoms with E-state index < -0.39 is 12.1 Å². The second-order valence-electron chi connectivity index (χ2n) is 5.72. The van der Waals surface area contributed by atoms with Crippen molar-refractivity contribution in [2.24, 2.45) is 0 Å². The molecule has 0 radical (unpaired) electrons. The number of carbonyl (C=O) groups excluding carboxylic acids is 1. The molecule has 3 rings (SSSR count). The summed E-state index contributed by atoms with van der Waals surface area (Å²) >= 11 is 0. The molecular formula is C20H19N3O5. The number of ether oxygens (including phenoxy) is 3. The number of hydrogen-bond acceptors (Lipinski definition) is 8. The van der Waals surface area contributed by atoms with Crippen molar-refractivity contribution in [2.75, 3.05) is 14.2 Å². The minimum absolute atomic E-state index is 0.197. The predicted octanol–water partition coefficient (Wildman–Crippen LogP) is 3.47. The summed E-state index contributed by atoms with van der Waals surface area (Å²) < 4.78 is 20.9. The Balaban J connectivity index is 1.65. The number of nitrogens with zero attached hydrogens (tertiary/aromatic N) is 3. The van der Waals surface area contributed by atoms with Crippen LogP contribution in [0.5, 0.6) is 11.5 Å².